The highest BCUT2D eigenvalue weighted by atomic mass is 16.6. The van der Waals surface area contributed by atoms with E-state index in [1.165, 1.54) is 0 Å². The molecule has 0 fully saturated rings. The van der Waals surface area contributed by atoms with Gasteiger partial charge in [0, 0.05) is 30.3 Å². The number of unbranched alkanes of at least 4 members (excludes halogenated alkanes) is 2. The maximum atomic E-state index is 11.6. The molecule has 1 aromatic heterocycles. The molecule has 0 radical (unpaired) electrons. The highest BCUT2D eigenvalue weighted by Crippen LogP contribution is 2.31. The smallest absolute Gasteiger partial charge is 0.332 e. The number of anilines is 1. The lowest BCUT2D eigenvalue weighted by Crippen LogP contribution is -2.33. The molecule has 0 N–H and O–H groups in total. The maximum absolute atomic E-state index is 11.6. The third-order valence-corrected chi connectivity index (χ3v) is 5.69. The number of carbonyl (C=O) groups excluding carboxylic acids is 1. The van der Waals surface area contributed by atoms with Gasteiger partial charge in [-0.05, 0) is 33.1 Å². The number of nitrogens with zero attached hydrogens (tertiary/aromatic N) is 3. The second-order valence-corrected chi connectivity index (χ2v) is 8.78. The third kappa shape index (κ3) is 8.18. The van der Waals surface area contributed by atoms with Gasteiger partial charge in [-0.2, -0.15) is 0 Å². The SMILES string of the molecule is CCCCOC(=O)COCCCCN(c1cnc(-c2ccccc2)c(-c2ccccc2)n1)C(C)C. The zero-order valence-electron chi connectivity index (χ0n) is 21.2. The molecule has 0 atom stereocenters. The van der Waals surface area contributed by atoms with E-state index in [2.05, 4.69) is 49.9 Å². The van der Waals surface area contributed by atoms with Crippen LogP contribution in [0.5, 0.6) is 0 Å². The Labute approximate surface area is 209 Å². The molecule has 0 saturated carbocycles. The molecule has 35 heavy (non-hydrogen) atoms. The first-order valence-electron chi connectivity index (χ1n) is 12.6. The molecule has 0 amide bonds. The van der Waals surface area contributed by atoms with E-state index < -0.39 is 0 Å². The third-order valence-electron chi connectivity index (χ3n) is 5.69. The number of esters is 1. The van der Waals surface area contributed by atoms with E-state index >= 15 is 0 Å². The first kappa shape index (κ1) is 26.4. The van der Waals surface area contributed by atoms with Gasteiger partial charge in [0.15, 0.2) is 0 Å². The van der Waals surface area contributed by atoms with E-state index in [0.717, 1.165) is 60.6 Å². The van der Waals surface area contributed by atoms with Gasteiger partial charge in [0.25, 0.3) is 0 Å². The topological polar surface area (TPSA) is 64.6 Å². The van der Waals surface area contributed by atoms with Crippen LogP contribution >= 0.6 is 0 Å². The summed E-state index contributed by atoms with van der Waals surface area (Å²) in [5, 5.41) is 0. The summed E-state index contributed by atoms with van der Waals surface area (Å²) in [6, 6.07) is 20.7. The van der Waals surface area contributed by atoms with Crippen LogP contribution in [-0.4, -0.2) is 48.3 Å². The van der Waals surface area contributed by atoms with Gasteiger partial charge in [0.2, 0.25) is 0 Å². The average Bonchev–Trinajstić information content (AvgIpc) is 2.89. The molecule has 0 aliphatic rings. The van der Waals surface area contributed by atoms with Crippen LogP contribution in [0.1, 0.15) is 46.5 Å². The van der Waals surface area contributed by atoms with Crippen molar-refractivity contribution in [2.45, 2.75) is 52.5 Å². The number of aromatic nitrogens is 2. The van der Waals surface area contributed by atoms with Gasteiger partial charge >= 0.3 is 5.97 Å². The van der Waals surface area contributed by atoms with Gasteiger partial charge in [0.1, 0.15) is 12.4 Å². The van der Waals surface area contributed by atoms with Crippen LogP contribution in [0.2, 0.25) is 0 Å². The summed E-state index contributed by atoms with van der Waals surface area (Å²) in [6.45, 7) is 8.24. The van der Waals surface area contributed by atoms with Crippen molar-refractivity contribution in [3.63, 3.8) is 0 Å². The molecule has 6 nitrogen and oxygen atoms in total. The monoisotopic (exact) mass is 475 g/mol. The van der Waals surface area contributed by atoms with E-state index in [1.807, 2.05) is 42.6 Å². The average molecular weight is 476 g/mol. The van der Waals surface area contributed by atoms with Crippen molar-refractivity contribution >= 4 is 11.8 Å². The molecule has 0 bridgehead atoms. The van der Waals surface area contributed by atoms with E-state index in [-0.39, 0.29) is 18.6 Å². The summed E-state index contributed by atoms with van der Waals surface area (Å²) in [4.78, 5) is 23.9. The zero-order valence-corrected chi connectivity index (χ0v) is 21.2. The van der Waals surface area contributed by atoms with Gasteiger partial charge in [-0.25, -0.2) is 9.78 Å². The molecule has 0 spiro atoms. The van der Waals surface area contributed by atoms with Crippen LogP contribution in [0.15, 0.2) is 66.9 Å². The fourth-order valence-electron chi connectivity index (χ4n) is 3.77. The molecular weight excluding hydrogens is 438 g/mol. The minimum atomic E-state index is -0.288. The van der Waals surface area contributed by atoms with Crippen LogP contribution in [0, 0.1) is 0 Å². The first-order valence-corrected chi connectivity index (χ1v) is 12.6. The second kappa shape index (κ2) is 14.2. The molecule has 186 valence electrons. The Morgan fingerprint density at radius 1 is 0.886 bits per heavy atom. The van der Waals surface area contributed by atoms with E-state index in [1.54, 1.807) is 0 Å². The summed E-state index contributed by atoms with van der Waals surface area (Å²) in [6.07, 6.45) is 5.54. The van der Waals surface area contributed by atoms with Crippen molar-refractivity contribution in [3.8, 4) is 22.5 Å². The van der Waals surface area contributed by atoms with Gasteiger partial charge in [-0.3, -0.25) is 4.98 Å². The predicted molar refractivity (Wildman–Crippen MR) is 141 cm³/mol. The van der Waals surface area contributed by atoms with Crippen LogP contribution in [0.25, 0.3) is 22.5 Å². The van der Waals surface area contributed by atoms with Crippen molar-refractivity contribution < 1.29 is 14.3 Å². The Morgan fingerprint density at radius 3 is 2.17 bits per heavy atom. The summed E-state index contributed by atoms with van der Waals surface area (Å²) in [5.74, 6) is 0.573. The number of hydrogen-bond donors (Lipinski definition) is 0. The molecule has 6 heteroatoms. The molecule has 2 aromatic carbocycles. The van der Waals surface area contributed by atoms with Crippen LogP contribution in [-0.2, 0) is 14.3 Å². The Kier molecular flexibility index (Phi) is 10.7. The van der Waals surface area contributed by atoms with Crippen molar-refractivity contribution in [3.05, 3.63) is 66.9 Å². The van der Waals surface area contributed by atoms with E-state index in [4.69, 9.17) is 19.4 Å². The molecule has 0 aliphatic carbocycles. The summed E-state index contributed by atoms with van der Waals surface area (Å²) in [7, 11) is 0. The minimum absolute atomic E-state index is 0.0183. The van der Waals surface area contributed by atoms with Crippen molar-refractivity contribution in [1.82, 2.24) is 9.97 Å². The fraction of sp³-hybridized carbons (Fsp3) is 0.414. The Bertz CT molecular complexity index is 1030. The zero-order chi connectivity index (χ0) is 24.9. The number of hydrogen-bond acceptors (Lipinski definition) is 6. The molecule has 3 rings (SSSR count). The first-order chi connectivity index (χ1) is 17.1. The normalized spacial score (nSPS) is 11.0. The van der Waals surface area contributed by atoms with E-state index in [0.29, 0.717) is 13.2 Å². The number of rotatable bonds is 14. The highest BCUT2D eigenvalue weighted by molar-refractivity contribution is 5.78. The largest absolute Gasteiger partial charge is 0.464 e. The Morgan fingerprint density at radius 2 is 1.54 bits per heavy atom. The van der Waals surface area contributed by atoms with Crippen LogP contribution in [0.4, 0.5) is 5.82 Å². The molecule has 1 heterocycles. The fourth-order valence-corrected chi connectivity index (χ4v) is 3.77. The van der Waals surface area contributed by atoms with Gasteiger partial charge in [-0.1, -0.05) is 74.0 Å². The quantitative estimate of drug-likeness (QED) is 0.205. The summed E-state index contributed by atoms with van der Waals surface area (Å²) >= 11 is 0. The molecule has 3 aromatic rings. The lowest BCUT2D eigenvalue weighted by Gasteiger charge is -2.28. The molecular formula is C29H37N3O3. The molecule has 0 saturated heterocycles. The second-order valence-electron chi connectivity index (χ2n) is 8.78. The van der Waals surface area contributed by atoms with Crippen molar-refractivity contribution in [1.29, 1.82) is 0 Å². The minimum Gasteiger partial charge on any atom is -0.464 e. The van der Waals surface area contributed by atoms with Crippen molar-refractivity contribution in [2.24, 2.45) is 0 Å². The van der Waals surface area contributed by atoms with Crippen molar-refractivity contribution in [2.75, 3.05) is 31.3 Å². The standard InChI is InChI=1S/C29H37N3O3/c1-4-5-20-35-27(33)22-34-19-13-12-18-32(23(2)3)26-21-30-28(24-14-8-6-9-15-24)29(31-26)25-16-10-7-11-17-25/h6-11,14-17,21,23H,4-5,12-13,18-20,22H2,1-3H3. The molecule has 0 aliphatic heterocycles. The Hall–Kier alpha value is -3.25. The highest BCUT2D eigenvalue weighted by Gasteiger charge is 2.17. The van der Waals surface area contributed by atoms with Gasteiger partial charge < -0.3 is 14.4 Å². The predicted octanol–water partition coefficient (Wildman–Crippen LogP) is 6.17. The number of benzene rings is 2. The lowest BCUT2D eigenvalue weighted by molar-refractivity contribution is -0.149. The number of ether oxygens (including phenoxy) is 2. The van der Waals surface area contributed by atoms with Crippen LogP contribution in [0.3, 0.4) is 0 Å². The van der Waals surface area contributed by atoms with Crippen LogP contribution < -0.4 is 4.90 Å². The molecule has 0 unspecified atom stereocenters. The summed E-state index contributed by atoms with van der Waals surface area (Å²) in [5.41, 5.74) is 3.85. The maximum Gasteiger partial charge on any atom is 0.332 e. The van der Waals surface area contributed by atoms with Gasteiger partial charge in [0.05, 0.1) is 24.2 Å². The van der Waals surface area contributed by atoms with Gasteiger partial charge in [-0.15, -0.1) is 0 Å². The van der Waals surface area contributed by atoms with E-state index in [9.17, 15) is 4.79 Å². The number of carbonyl (C=O) groups is 1. The summed E-state index contributed by atoms with van der Waals surface area (Å²) < 4.78 is 10.6. The Balaban J connectivity index is 1.64. The lowest BCUT2D eigenvalue weighted by atomic mass is 10.0.